The van der Waals surface area contributed by atoms with Crippen LogP contribution in [0.3, 0.4) is 0 Å². The van der Waals surface area contributed by atoms with E-state index in [0.29, 0.717) is 0 Å². The van der Waals surface area contributed by atoms with E-state index in [1.165, 1.54) is 25.1 Å². The first-order valence-corrected chi connectivity index (χ1v) is 10.5. The van der Waals surface area contributed by atoms with Crippen molar-refractivity contribution in [3.05, 3.63) is 59.3 Å². The second-order valence-electron chi connectivity index (χ2n) is 6.98. The van der Waals surface area contributed by atoms with E-state index in [1.807, 2.05) is 0 Å². The summed E-state index contributed by atoms with van der Waals surface area (Å²) in [5.41, 5.74) is -2.04. The first kappa shape index (κ1) is 23.6. The van der Waals surface area contributed by atoms with Crippen LogP contribution < -0.4 is 9.88 Å². The lowest BCUT2D eigenvalue weighted by molar-refractivity contribution is -0.274. The van der Waals surface area contributed by atoms with E-state index < -0.39 is 39.3 Å². The second kappa shape index (κ2) is 8.44. The maximum absolute atomic E-state index is 14.0. The number of sulfonamides is 1. The Hall–Kier alpha value is -3.10. The van der Waals surface area contributed by atoms with Gasteiger partial charge in [-0.25, -0.2) is 22.9 Å². The summed E-state index contributed by atoms with van der Waals surface area (Å²) in [6.07, 6.45) is -5.25. The monoisotopic (exact) mass is 476 g/mol. The topological polar surface area (TPSA) is 141 Å². The average Bonchev–Trinajstić information content (AvgIpc) is 3.10. The highest BCUT2D eigenvalue weighted by atomic mass is 32.2. The van der Waals surface area contributed by atoms with E-state index in [-0.39, 0.29) is 35.1 Å². The summed E-state index contributed by atoms with van der Waals surface area (Å²) in [4.78, 5) is 8.13. The Morgan fingerprint density at radius 2 is 1.91 bits per heavy atom. The number of ether oxygens (including phenoxy) is 1. The maximum Gasteiger partial charge on any atom is 0.573 e. The highest BCUT2D eigenvalue weighted by Gasteiger charge is 2.32. The van der Waals surface area contributed by atoms with E-state index in [4.69, 9.17) is 9.66 Å². The normalized spacial score (nSPS) is 14.2. The lowest BCUT2D eigenvalue weighted by Gasteiger charge is -2.21. The number of pyridine rings is 1. The van der Waals surface area contributed by atoms with Crippen molar-refractivity contribution in [2.75, 3.05) is 5.75 Å². The molecule has 3 rings (SSSR count). The molecule has 1 atom stereocenters. The lowest BCUT2D eigenvalue weighted by Crippen LogP contribution is -2.35. The quantitative estimate of drug-likeness (QED) is 0.495. The fourth-order valence-corrected chi connectivity index (χ4v) is 3.73. The van der Waals surface area contributed by atoms with Gasteiger partial charge in [0, 0.05) is 6.42 Å². The van der Waals surface area contributed by atoms with Crippen molar-refractivity contribution in [2.45, 2.75) is 25.3 Å². The number of nitrogens with zero attached hydrogens (tertiary/aromatic N) is 3. The van der Waals surface area contributed by atoms with Crippen molar-refractivity contribution in [1.82, 2.24) is 15.1 Å². The minimum Gasteiger partial charge on any atom is -0.406 e. The van der Waals surface area contributed by atoms with Crippen LogP contribution in [0.4, 0.5) is 17.6 Å². The van der Waals surface area contributed by atoms with Gasteiger partial charge in [0.1, 0.15) is 22.9 Å². The third kappa shape index (κ3) is 6.21. The molecule has 0 amide bonds. The number of alkyl halides is 3. The fourth-order valence-electron chi connectivity index (χ4n) is 2.80. The molecule has 0 spiro atoms. The standard InChI is InChI=1S/C18H16F4N4O5S/c1-17(27,9-32(23,28)29)14-4-2-3-13(24-14)16-25-15(26-31-16)8-10-7-11(5-6-12(10)19)30-18(20,21)22/h2-7,27H,8-9H2,1H3,(H2,23,28,29)/t17-/m1/s1. The van der Waals surface area contributed by atoms with Gasteiger partial charge < -0.3 is 14.4 Å². The van der Waals surface area contributed by atoms with Crippen molar-refractivity contribution in [3.8, 4) is 17.3 Å². The molecule has 172 valence electrons. The largest absolute Gasteiger partial charge is 0.573 e. The van der Waals surface area contributed by atoms with E-state index >= 15 is 0 Å². The molecular formula is C18H16F4N4O5S. The number of aliphatic hydroxyl groups is 1. The summed E-state index contributed by atoms with van der Waals surface area (Å²) in [6.45, 7) is 1.21. The summed E-state index contributed by atoms with van der Waals surface area (Å²) < 4.78 is 82.6. The minimum atomic E-state index is -4.93. The number of hydrogen-bond acceptors (Lipinski definition) is 8. The van der Waals surface area contributed by atoms with Crippen molar-refractivity contribution in [3.63, 3.8) is 0 Å². The molecule has 0 radical (unpaired) electrons. The molecule has 9 nitrogen and oxygen atoms in total. The van der Waals surface area contributed by atoms with Crippen LogP contribution in [0.1, 0.15) is 24.0 Å². The van der Waals surface area contributed by atoms with Crippen LogP contribution in [0.2, 0.25) is 0 Å². The Labute approximate surface area is 178 Å². The molecule has 1 aromatic carbocycles. The summed E-state index contributed by atoms with van der Waals surface area (Å²) in [5.74, 6) is -2.40. The Bertz CT molecular complexity index is 1230. The number of primary sulfonamides is 1. The highest BCUT2D eigenvalue weighted by Crippen LogP contribution is 2.27. The predicted molar refractivity (Wildman–Crippen MR) is 101 cm³/mol. The average molecular weight is 476 g/mol. The zero-order chi connectivity index (χ0) is 23.7. The number of hydrogen-bond donors (Lipinski definition) is 2. The summed E-state index contributed by atoms with van der Waals surface area (Å²) >= 11 is 0. The van der Waals surface area contributed by atoms with Crippen LogP contribution in [0, 0.1) is 5.82 Å². The van der Waals surface area contributed by atoms with Crippen molar-refractivity contribution < 1.29 is 40.3 Å². The SMILES string of the molecule is C[C@@](O)(CS(N)(=O)=O)c1cccc(-c2nc(Cc3cc(OC(F)(F)F)ccc3F)no2)n1. The molecule has 0 aliphatic carbocycles. The molecule has 0 unspecified atom stereocenters. The van der Waals surface area contributed by atoms with Gasteiger partial charge in [-0.05, 0) is 42.8 Å². The Morgan fingerprint density at radius 1 is 1.19 bits per heavy atom. The number of rotatable bonds is 7. The summed E-state index contributed by atoms with van der Waals surface area (Å²) in [7, 11) is -4.01. The first-order valence-electron chi connectivity index (χ1n) is 8.79. The molecule has 32 heavy (non-hydrogen) atoms. The number of halogens is 4. The van der Waals surface area contributed by atoms with Crippen LogP contribution in [0.25, 0.3) is 11.6 Å². The van der Waals surface area contributed by atoms with Crippen molar-refractivity contribution in [1.29, 1.82) is 0 Å². The van der Waals surface area contributed by atoms with E-state index in [9.17, 15) is 31.1 Å². The van der Waals surface area contributed by atoms with Gasteiger partial charge in [-0.3, -0.25) is 0 Å². The predicted octanol–water partition coefficient (Wildman–Crippen LogP) is 2.26. The van der Waals surface area contributed by atoms with Crippen LogP contribution in [0.15, 0.2) is 40.9 Å². The van der Waals surface area contributed by atoms with Gasteiger partial charge in [0.2, 0.25) is 10.0 Å². The molecule has 2 heterocycles. The van der Waals surface area contributed by atoms with Crippen LogP contribution in [-0.2, 0) is 22.0 Å². The lowest BCUT2D eigenvalue weighted by atomic mass is 10.0. The van der Waals surface area contributed by atoms with Crippen molar-refractivity contribution in [2.24, 2.45) is 5.14 Å². The molecule has 0 bridgehead atoms. The van der Waals surface area contributed by atoms with Gasteiger partial charge >= 0.3 is 6.36 Å². The third-order valence-corrected chi connectivity index (χ3v) is 5.03. The molecule has 3 aromatic rings. The molecule has 3 N–H and O–H groups in total. The first-order chi connectivity index (χ1) is 14.7. The van der Waals surface area contributed by atoms with Gasteiger partial charge in [-0.2, -0.15) is 4.98 Å². The van der Waals surface area contributed by atoms with Crippen molar-refractivity contribution >= 4 is 10.0 Å². The van der Waals surface area contributed by atoms with Gasteiger partial charge in [0.25, 0.3) is 5.89 Å². The molecular weight excluding hydrogens is 460 g/mol. The minimum absolute atomic E-state index is 0.0354. The number of nitrogens with two attached hydrogens (primary N) is 1. The smallest absolute Gasteiger partial charge is 0.406 e. The molecule has 0 aliphatic rings. The Balaban J connectivity index is 1.84. The zero-order valence-corrected chi connectivity index (χ0v) is 17.1. The van der Waals surface area contributed by atoms with Crippen LogP contribution in [-0.4, -0.2) is 40.8 Å². The van der Waals surface area contributed by atoms with Crippen LogP contribution in [0.5, 0.6) is 5.75 Å². The summed E-state index contributed by atoms with van der Waals surface area (Å²) in [5, 5.41) is 19.0. The Morgan fingerprint density at radius 3 is 2.56 bits per heavy atom. The number of benzene rings is 1. The number of aromatic nitrogens is 3. The van der Waals surface area contributed by atoms with E-state index in [0.717, 1.165) is 18.2 Å². The third-order valence-electron chi connectivity index (χ3n) is 4.07. The molecule has 0 saturated carbocycles. The van der Waals surface area contributed by atoms with Gasteiger partial charge in [0.15, 0.2) is 5.82 Å². The zero-order valence-electron chi connectivity index (χ0n) is 16.3. The summed E-state index contributed by atoms with van der Waals surface area (Å²) in [6, 6.07) is 6.77. The van der Waals surface area contributed by atoms with E-state index in [1.54, 1.807) is 0 Å². The highest BCUT2D eigenvalue weighted by molar-refractivity contribution is 7.89. The fraction of sp³-hybridized carbons (Fsp3) is 0.278. The van der Waals surface area contributed by atoms with Crippen LogP contribution >= 0.6 is 0 Å². The molecule has 0 saturated heterocycles. The molecule has 0 aliphatic heterocycles. The van der Waals surface area contributed by atoms with Gasteiger partial charge in [-0.1, -0.05) is 11.2 Å². The van der Waals surface area contributed by atoms with Gasteiger partial charge in [0.05, 0.1) is 11.4 Å². The molecule has 14 heteroatoms. The Kier molecular flexibility index (Phi) is 6.22. The van der Waals surface area contributed by atoms with Gasteiger partial charge in [-0.15, -0.1) is 13.2 Å². The molecule has 2 aromatic heterocycles. The van der Waals surface area contributed by atoms with E-state index in [2.05, 4.69) is 19.9 Å². The maximum atomic E-state index is 14.0. The molecule has 0 fully saturated rings. The second-order valence-corrected chi connectivity index (χ2v) is 8.60.